The van der Waals surface area contributed by atoms with Gasteiger partial charge in [0, 0.05) is 6.42 Å². The summed E-state index contributed by atoms with van der Waals surface area (Å²) in [5, 5.41) is 0. The van der Waals surface area contributed by atoms with E-state index < -0.39 is 0 Å². The fraction of sp³-hybridized carbons (Fsp3) is 0.533. The Balaban J connectivity index is 2.56. The minimum Gasteiger partial charge on any atom is -0.490 e. The zero-order valence-electron chi connectivity index (χ0n) is 12.2. The molecule has 0 radical (unpaired) electrons. The molecule has 0 saturated heterocycles. The molecule has 0 saturated carbocycles. The molecular weight excluding hydrogens is 258 g/mol. The van der Waals surface area contributed by atoms with Gasteiger partial charge in [0.05, 0.1) is 20.3 Å². The molecule has 0 aliphatic carbocycles. The fourth-order valence-electron chi connectivity index (χ4n) is 1.76. The molecule has 1 aromatic rings. The van der Waals surface area contributed by atoms with E-state index in [0.29, 0.717) is 38.3 Å². The SMILES string of the molecule is CCOc1cc(CCN)ccc1OCCCC(=O)OC. The van der Waals surface area contributed by atoms with Gasteiger partial charge in [0.2, 0.25) is 0 Å². The highest BCUT2D eigenvalue weighted by molar-refractivity contribution is 5.69. The van der Waals surface area contributed by atoms with Crippen molar-refractivity contribution in [3.8, 4) is 11.5 Å². The van der Waals surface area contributed by atoms with Crippen molar-refractivity contribution in [1.82, 2.24) is 0 Å². The van der Waals surface area contributed by atoms with E-state index in [4.69, 9.17) is 15.2 Å². The van der Waals surface area contributed by atoms with Crippen LogP contribution in [0.1, 0.15) is 25.3 Å². The third kappa shape index (κ3) is 5.48. The first-order valence-electron chi connectivity index (χ1n) is 6.86. The van der Waals surface area contributed by atoms with Gasteiger partial charge in [0.25, 0.3) is 0 Å². The fourth-order valence-corrected chi connectivity index (χ4v) is 1.76. The van der Waals surface area contributed by atoms with Crippen molar-refractivity contribution in [2.75, 3.05) is 26.9 Å². The van der Waals surface area contributed by atoms with Gasteiger partial charge in [0.1, 0.15) is 0 Å². The Labute approximate surface area is 120 Å². The van der Waals surface area contributed by atoms with Gasteiger partial charge >= 0.3 is 5.97 Å². The standard InChI is InChI=1S/C15H23NO4/c1-3-19-14-11-12(8-9-16)6-7-13(14)20-10-4-5-15(17)18-2/h6-7,11H,3-5,8-10,16H2,1-2H3. The van der Waals surface area contributed by atoms with Crippen molar-refractivity contribution in [3.05, 3.63) is 23.8 Å². The van der Waals surface area contributed by atoms with E-state index in [1.54, 1.807) is 0 Å². The van der Waals surface area contributed by atoms with Gasteiger partial charge in [-0.3, -0.25) is 4.79 Å². The average Bonchev–Trinajstić information content (AvgIpc) is 2.45. The molecule has 0 spiro atoms. The van der Waals surface area contributed by atoms with Crippen LogP contribution < -0.4 is 15.2 Å². The quantitative estimate of drug-likeness (QED) is 0.553. The van der Waals surface area contributed by atoms with Crippen LogP contribution in [-0.4, -0.2) is 32.8 Å². The number of esters is 1. The van der Waals surface area contributed by atoms with Gasteiger partial charge in [-0.15, -0.1) is 0 Å². The summed E-state index contributed by atoms with van der Waals surface area (Å²) in [4.78, 5) is 11.0. The summed E-state index contributed by atoms with van der Waals surface area (Å²) in [6, 6.07) is 5.81. The van der Waals surface area contributed by atoms with Gasteiger partial charge in [-0.2, -0.15) is 0 Å². The van der Waals surface area contributed by atoms with E-state index in [9.17, 15) is 4.79 Å². The van der Waals surface area contributed by atoms with Crippen molar-refractivity contribution >= 4 is 5.97 Å². The number of rotatable bonds is 9. The van der Waals surface area contributed by atoms with Crippen LogP contribution in [0.5, 0.6) is 11.5 Å². The Morgan fingerprint density at radius 2 is 2.05 bits per heavy atom. The van der Waals surface area contributed by atoms with Crippen LogP contribution in [-0.2, 0) is 16.0 Å². The summed E-state index contributed by atoms with van der Waals surface area (Å²) in [6.07, 6.45) is 1.78. The summed E-state index contributed by atoms with van der Waals surface area (Å²) in [7, 11) is 1.38. The highest BCUT2D eigenvalue weighted by Crippen LogP contribution is 2.28. The molecule has 0 unspecified atom stereocenters. The number of ether oxygens (including phenoxy) is 3. The molecule has 0 aliphatic heterocycles. The van der Waals surface area contributed by atoms with Crippen LogP contribution in [0.15, 0.2) is 18.2 Å². The van der Waals surface area contributed by atoms with Crippen molar-refractivity contribution in [2.24, 2.45) is 5.73 Å². The lowest BCUT2D eigenvalue weighted by Gasteiger charge is -2.13. The normalized spacial score (nSPS) is 10.2. The Morgan fingerprint density at radius 1 is 1.25 bits per heavy atom. The van der Waals surface area contributed by atoms with Gasteiger partial charge in [-0.1, -0.05) is 6.07 Å². The highest BCUT2D eigenvalue weighted by Gasteiger charge is 2.07. The maximum absolute atomic E-state index is 11.0. The predicted molar refractivity (Wildman–Crippen MR) is 77.1 cm³/mol. The first-order chi connectivity index (χ1) is 9.71. The first kappa shape index (κ1) is 16.3. The number of nitrogens with two attached hydrogens (primary N) is 1. The molecule has 0 aliphatic rings. The molecule has 1 aromatic carbocycles. The van der Waals surface area contributed by atoms with Crippen LogP contribution in [0.3, 0.4) is 0 Å². The van der Waals surface area contributed by atoms with Crippen LogP contribution in [0.2, 0.25) is 0 Å². The summed E-state index contributed by atoms with van der Waals surface area (Å²) in [5.41, 5.74) is 6.67. The third-order valence-electron chi connectivity index (χ3n) is 2.75. The van der Waals surface area contributed by atoms with Crippen molar-refractivity contribution in [3.63, 3.8) is 0 Å². The molecule has 1 rings (SSSR count). The monoisotopic (exact) mass is 281 g/mol. The lowest BCUT2D eigenvalue weighted by atomic mass is 10.1. The van der Waals surface area contributed by atoms with Crippen LogP contribution in [0.25, 0.3) is 0 Å². The van der Waals surface area contributed by atoms with E-state index in [-0.39, 0.29) is 5.97 Å². The molecule has 20 heavy (non-hydrogen) atoms. The van der Waals surface area contributed by atoms with E-state index in [1.165, 1.54) is 7.11 Å². The van der Waals surface area contributed by atoms with Crippen molar-refractivity contribution < 1.29 is 19.0 Å². The summed E-state index contributed by atoms with van der Waals surface area (Å²) in [6.45, 7) is 3.55. The number of methoxy groups -OCH3 is 1. The van der Waals surface area contributed by atoms with Crippen molar-refractivity contribution in [1.29, 1.82) is 0 Å². The Morgan fingerprint density at radius 3 is 2.70 bits per heavy atom. The zero-order valence-corrected chi connectivity index (χ0v) is 12.2. The maximum atomic E-state index is 11.0. The molecule has 0 aromatic heterocycles. The van der Waals surface area contributed by atoms with Gasteiger partial charge in [0.15, 0.2) is 11.5 Å². The summed E-state index contributed by atoms with van der Waals surface area (Å²) in [5.74, 6) is 1.19. The minimum atomic E-state index is -0.225. The van der Waals surface area contributed by atoms with Crippen LogP contribution >= 0.6 is 0 Å². The van der Waals surface area contributed by atoms with Gasteiger partial charge in [-0.05, 0) is 44.0 Å². The van der Waals surface area contributed by atoms with Gasteiger partial charge < -0.3 is 19.9 Å². The number of hydrogen-bond donors (Lipinski definition) is 1. The lowest BCUT2D eigenvalue weighted by molar-refractivity contribution is -0.140. The Kier molecular flexibility index (Phi) is 7.50. The smallest absolute Gasteiger partial charge is 0.305 e. The summed E-state index contributed by atoms with van der Waals surface area (Å²) < 4.78 is 15.8. The molecular formula is C15H23NO4. The minimum absolute atomic E-state index is 0.225. The molecule has 112 valence electrons. The van der Waals surface area contributed by atoms with E-state index in [1.807, 2.05) is 25.1 Å². The molecule has 0 amide bonds. The second-order valence-corrected chi connectivity index (χ2v) is 4.28. The average molecular weight is 281 g/mol. The molecule has 0 fully saturated rings. The first-order valence-corrected chi connectivity index (χ1v) is 6.86. The second-order valence-electron chi connectivity index (χ2n) is 4.28. The third-order valence-corrected chi connectivity index (χ3v) is 2.75. The molecule has 5 nitrogen and oxygen atoms in total. The second kappa shape index (κ2) is 9.20. The maximum Gasteiger partial charge on any atom is 0.305 e. The van der Waals surface area contributed by atoms with E-state index >= 15 is 0 Å². The van der Waals surface area contributed by atoms with Gasteiger partial charge in [-0.25, -0.2) is 0 Å². The van der Waals surface area contributed by atoms with Crippen LogP contribution in [0, 0.1) is 0 Å². The predicted octanol–water partition coefficient (Wildman–Crippen LogP) is 1.92. The number of hydrogen-bond acceptors (Lipinski definition) is 5. The van der Waals surface area contributed by atoms with Crippen molar-refractivity contribution in [2.45, 2.75) is 26.2 Å². The number of carbonyl (C=O) groups is 1. The van der Waals surface area contributed by atoms with E-state index in [2.05, 4.69) is 4.74 Å². The molecule has 0 bridgehead atoms. The Hall–Kier alpha value is -1.75. The molecule has 5 heteroatoms. The largest absolute Gasteiger partial charge is 0.490 e. The summed E-state index contributed by atoms with van der Waals surface area (Å²) >= 11 is 0. The molecule has 2 N–H and O–H groups in total. The van der Waals surface area contributed by atoms with E-state index in [0.717, 1.165) is 17.7 Å². The lowest BCUT2D eigenvalue weighted by Crippen LogP contribution is -2.06. The zero-order chi connectivity index (χ0) is 14.8. The molecule has 0 atom stereocenters. The number of benzene rings is 1. The number of carbonyl (C=O) groups excluding carboxylic acids is 1. The Bertz CT molecular complexity index is 420. The molecule has 0 heterocycles. The van der Waals surface area contributed by atoms with Crippen LogP contribution in [0.4, 0.5) is 0 Å². The topological polar surface area (TPSA) is 70.8 Å². The highest BCUT2D eigenvalue weighted by atomic mass is 16.5.